The number of carbonyl (C=O) groups excluding carboxylic acids is 2. The number of nitriles is 1. The summed E-state index contributed by atoms with van der Waals surface area (Å²) in [4.78, 5) is 30.2. The van der Waals surface area contributed by atoms with Crippen LogP contribution in [0.2, 0.25) is 0 Å². The summed E-state index contributed by atoms with van der Waals surface area (Å²) in [5, 5.41) is 19.0. The number of nitrogens with zero attached hydrogens (tertiary/aromatic N) is 3. The van der Waals surface area contributed by atoms with Gasteiger partial charge in [-0.3, -0.25) is 9.59 Å². The van der Waals surface area contributed by atoms with Crippen molar-refractivity contribution in [3.63, 3.8) is 0 Å². The predicted octanol–water partition coefficient (Wildman–Crippen LogP) is 1.31. The molecule has 1 saturated heterocycles. The SMILES string of the molecule is N#Cc1ccc2c(c1)N(CC[C@H]1CC[C@H](NCc3ccc4c(n3)NC(=O)CO4)CN1)C(=O)CO2. The lowest BCUT2D eigenvalue weighted by atomic mass is 9.98. The molecular weight excluding hydrogens is 436 g/mol. The van der Waals surface area contributed by atoms with Crippen LogP contribution in [0.3, 0.4) is 0 Å². The van der Waals surface area contributed by atoms with E-state index in [9.17, 15) is 14.9 Å². The molecule has 10 heteroatoms. The van der Waals surface area contributed by atoms with Crippen LogP contribution in [-0.4, -0.2) is 55.2 Å². The van der Waals surface area contributed by atoms with Crippen LogP contribution < -0.4 is 30.3 Å². The van der Waals surface area contributed by atoms with Gasteiger partial charge in [0.15, 0.2) is 24.8 Å². The summed E-state index contributed by atoms with van der Waals surface area (Å²) in [6, 6.07) is 11.6. The largest absolute Gasteiger partial charge is 0.482 e. The third kappa shape index (κ3) is 4.81. The Morgan fingerprint density at radius 3 is 2.82 bits per heavy atom. The lowest BCUT2D eigenvalue weighted by molar-refractivity contribution is -0.121. The summed E-state index contributed by atoms with van der Waals surface area (Å²) in [7, 11) is 0. The number of fused-ring (bicyclic) bond motifs is 2. The number of carbonyl (C=O) groups is 2. The predicted molar refractivity (Wildman–Crippen MR) is 124 cm³/mol. The van der Waals surface area contributed by atoms with Crippen LogP contribution in [0.15, 0.2) is 30.3 Å². The number of rotatable bonds is 6. The van der Waals surface area contributed by atoms with Gasteiger partial charge in [0.25, 0.3) is 11.8 Å². The van der Waals surface area contributed by atoms with Crippen LogP contribution in [0.4, 0.5) is 11.5 Å². The van der Waals surface area contributed by atoms with Gasteiger partial charge in [0.2, 0.25) is 0 Å². The number of benzene rings is 1. The van der Waals surface area contributed by atoms with E-state index in [1.165, 1.54) is 0 Å². The molecule has 1 aromatic heterocycles. The standard InChI is InChI=1S/C24H26N6O4/c25-10-15-1-5-20-19(9-15)30(23(32)14-34-20)8-7-16-2-3-17(11-26-16)27-12-18-4-6-21-24(28-18)29-22(31)13-33-21/h1,4-6,9,16-17,26-27H,2-3,7-8,11-14H2,(H,28,29,31)/t16-,17+/m1/s1. The highest BCUT2D eigenvalue weighted by Crippen LogP contribution is 2.33. The number of piperidine rings is 1. The lowest BCUT2D eigenvalue weighted by Gasteiger charge is -2.34. The van der Waals surface area contributed by atoms with E-state index in [2.05, 4.69) is 27.0 Å². The number of pyridine rings is 1. The van der Waals surface area contributed by atoms with Crippen molar-refractivity contribution in [1.29, 1.82) is 5.26 Å². The number of amides is 2. The zero-order chi connectivity index (χ0) is 23.5. The molecule has 0 spiro atoms. The maximum atomic E-state index is 12.5. The molecule has 2 aromatic rings. The molecule has 0 radical (unpaired) electrons. The minimum absolute atomic E-state index is 0.0221. The molecule has 0 saturated carbocycles. The maximum Gasteiger partial charge on any atom is 0.265 e. The van der Waals surface area contributed by atoms with Crippen LogP contribution in [0.5, 0.6) is 11.5 Å². The molecule has 10 nitrogen and oxygen atoms in total. The number of anilines is 2. The molecule has 1 fully saturated rings. The normalized spacial score (nSPS) is 21.4. The average Bonchev–Trinajstić information content (AvgIpc) is 2.87. The van der Waals surface area contributed by atoms with Gasteiger partial charge in [-0.25, -0.2) is 4.98 Å². The van der Waals surface area contributed by atoms with Gasteiger partial charge in [-0.15, -0.1) is 0 Å². The summed E-state index contributed by atoms with van der Waals surface area (Å²) < 4.78 is 10.9. The Morgan fingerprint density at radius 1 is 1.15 bits per heavy atom. The summed E-state index contributed by atoms with van der Waals surface area (Å²) in [6.45, 7) is 2.04. The van der Waals surface area contributed by atoms with Crippen LogP contribution in [0.1, 0.15) is 30.5 Å². The second-order valence-corrected chi connectivity index (χ2v) is 8.66. The van der Waals surface area contributed by atoms with E-state index in [1.54, 1.807) is 23.1 Å². The number of aromatic nitrogens is 1. The molecule has 2 atom stereocenters. The average molecular weight is 463 g/mol. The third-order valence-corrected chi connectivity index (χ3v) is 6.35. The fraction of sp³-hybridized carbons (Fsp3) is 0.417. The molecule has 5 rings (SSSR count). The van der Waals surface area contributed by atoms with Crippen molar-refractivity contribution < 1.29 is 19.1 Å². The molecule has 4 heterocycles. The van der Waals surface area contributed by atoms with Crippen molar-refractivity contribution in [2.75, 3.05) is 36.5 Å². The molecule has 0 aliphatic carbocycles. The van der Waals surface area contributed by atoms with Crippen LogP contribution in [0.25, 0.3) is 0 Å². The van der Waals surface area contributed by atoms with E-state index >= 15 is 0 Å². The Bertz CT molecular complexity index is 1140. The van der Waals surface area contributed by atoms with Gasteiger partial charge in [-0.1, -0.05) is 0 Å². The van der Waals surface area contributed by atoms with Crippen LogP contribution in [0, 0.1) is 11.3 Å². The summed E-state index contributed by atoms with van der Waals surface area (Å²) >= 11 is 0. The first-order valence-corrected chi connectivity index (χ1v) is 11.5. The first-order chi connectivity index (χ1) is 16.6. The second-order valence-electron chi connectivity index (χ2n) is 8.66. The molecule has 3 aliphatic heterocycles. The first kappa shape index (κ1) is 22.1. The van der Waals surface area contributed by atoms with Gasteiger partial charge in [0.05, 0.1) is 23.0 Å². The summed E-state index contributed by atoms with van der Waals surface area (Å²) in [5.74, 6) is 1.42. The topological polar surface area (TPSA) is 129 Å². The lowest BCUT2D eigenvalue weighted by Crippen LogP contribution is -2.49. The number of ether oxygens (including phenoxy) is 2. The monoisotopic (exact) mass is 462 g/mol. The summed E-state index contributed by atoms with van der Waals surface area (Å²) in [5.41, 5.74) is 2.02. The van der Waals surface area contributed by atoms with Gasteiger partial charge in [0.1, 0.15) is 5.75 Å². The van der Waals surface area contributed by atoms with E-state index in [4.69, 9.17) is 9.47 Å². The number of nitrogens with one attached hydrogen (secondary N) is 3. The Kier molecular flexibility index (Phi) is 6.29. The quantitative estimate of drug-likeness (QED) is 0.586. The molecule has 2 amide bonds. The molecule has 0 bridgehead atoms. The van der Waals surface area contributed by atoms with Gasteiger partial charge in [-0.2, -0.15) is 5.26 Å². The van der Waals surface area contributed by atoms with E-state index in [0.717, 1.165) is 31.5 Å². The van der Waals surface area contributed by atoms with E-state index in [0.29, 0.717) is 53.7 Å². The number of hydrogen-bond acceptors (Lipinski definition) is 8. The second kappa shape index (κ2) is 9.67. The zero-order valence-electron chi connectivity index (χ0n) is 18.7. The van der Waals surface area contributed by atoms with Crippen molar-refractivity contribution in [2.45, 2.75) is 37.9 Å². The molecular formula is C24H26N6O4. The maximum absolute atomic E-state index is 12.5. The van der Waals surface area contributed by atoms with Crippen molar-refractivity contribution in [2.24, 2.45) is 0 Å². The highest BCUT2D eigenvalue weighted by Gasteiger charge is 2.28. The van der Waals surface area contributed by atoms with Crippen molar-refractivity contribution in [3.8, 4) is 17.6 Å². The van der Waals surface area contributed by atoms with Crippen LogP contribution in [-0.2, 0) is 16.1 Å². The molecule has 3 aliphatic rings. The number of hydrogen-bond donors (Lipinski definition) is 3. The Morgan fingerprint density at radius 2 is 2.00 bits per heavy atom. The Labute approximate surface area is 197 Å². The van der Waals surface area contributed by atoms with Gasteiger partial charge < -0.3 is 30.3 Å². The Balaban J connectivity index is 1.10. The summed E-state index contributed by atoms with van der Waals surface area (Å²) in [6.07, 6.45) is 2.82. The molecule has 0 unspecified atom stereocenters. The fourth-order valence-electron chi connectivity index (χ4n) is 4.49. The zero-order valence-corrected chi connectivity index (χ0v) is 18.7. The van der Waals surface area contributed by atoms with Gasteiger partial charge in [-0.05, 0) is 49.6 Å². The van der Waals surface area contributed by atoms with Crippen molar-refractivity contribution in [1.82, 2.24) is 15.6 Å². The van der Waals surface area contributed by atoms with Crippen molar-refractivity contribution in [3.05, 3.63) is 41.6 Å². The molecule has 34 heavy (non-hydrogen) atoms. The Hall–Kier alpha value is -3.68. The van der Waals surface area contributed by atoms with Gasteiger partial charge >= 0.3 is 0 Å². The van der Waals surface area contributed by atoms with E-state index in [1.807, 2.05) is 12.1 Å². The van der Waals surface area contributed by atoms with Gasteiger partial charge in [0, 0.05) is 31.7 Å². The smallest absolute Gasteiger partial charge is 0.265 e. The minimum atomic E-state index is -0.194. The third-order valence-electron chi connectivity index (χ3n) is 6.35. The minimum Gasteiger partial charge on any atom is -0.482 e. The first-order valence-electron chi connectivity index (χ1n) is 11.5. The molecule has 1 aromatic carbocycles. The highest BCUT2D eigenvalue weighted by atomic mass is 16.5. The van der Waals surface area contributed by atoms with E-state index < -0.39 is 0 Å². The molecule has 176 valence electrons. The molecule has 3 N–H and O–H groups in total. The van der Waals surface area contributed by atoms with Crippen LogP contribution >= 0.6 is 0 Å². The van der Waals surface area contributed by atoms with Crippen molar-refractivity contribution >= 4 is 23.3 Å². The van der Waals surface area contributed by atoms with E-state index in [-0.39, 0.29) is 25.0 Å². The highest BCUT2D eigenvalue weighted by molar-refractivity contribution is 5.98. The fourth-order valence-corrected chi connectivity index (χ4v) is 4.49.